The van der Waals surface area contributed by atoms with Gasteiger partial charge in [-0.1, -0.05) is 55.0 Å². The molecule has 4 aromatic rings. The zero-order valence-electron chi connectivity index (χ0n) is 18.9. The molecule has 0 aliphatic rings. The molecule has 2 heterocycles. The molecule has 1 amide bonds. The molecule has 4 rings (SSSR count). The smallest absolute Gasteiger partial charge is 0.275 e. The van der Waals surface area contributed by atoms with E-state index in [4.69, 9.17) is 0 Å². The van der Waals surface area contributed by atoms with Gasteiger partial charge in [0.2, 0.25) is 4.96 Å². The molecular formula is C25H26N4O2S2. The van der Waals surface area contributed by atoms with E-state index in [-0.39, 0.29) is 11.5 Å². The molecule has 33 heavy (non-hydrogen) atoms. The summed E-state index contributed by atoms with van der Waals surface area (Å²) >= 11 is 3.03. The standard InChI is InChI=1S/C25H26N4O2S2/c1-4-17(5-2)24-28-29-22(30)14-19(26-25(29)33-24)15-32-21-9-7-6-8-20(21)27-23(31)18-12-10-16(3)11-13-18/h6-14,17H,4-5,15H2,1-3H3,(H,27,31). The number of nitrogens with zero attached hydrogens (tertiary/aromatic N) is 3. The third-order valence-electron chi connectivity index (χ3n) is 5.47. The van der Waals surface area contributed by atoms with Gasteiger partial charge in [-0.25, -0.2) is 4.98 Å². The summed E-state index contributed by atoms with van der Waals surface area (Å²) in [5, 5.41) is 8.46. The van der Waals surface area contributed by atoms with Gasteiger partial charge in [0.15, 0.2) is 0 Å². The lowest BCUT2D eigenvalue weighted by Gasteiger charge is -2.11. The second-order valence-corrected chi connectivity index (χ2v) is 9.84. The van der Waals surface area contributed by atoms with Gasteiger partial charge in [0.05, 0.1) is 11.4 Å². The third-order valence-corrected chi connectivity index (χ3v) is 7.65. The van der Waals surface area contributed by atoms with Crippen molar-refractivity contribution in [2.75, 3.05) is 5.32 Å². The van der Waals surface area contributed by atoms with Crippen molar-refractivity contribution in [3.8, 4) is 0 Å². The van der Waals surface area contributed by atoms with Crippen molar-refractivity contribution in [1.82, 2.24) is 14.6 Å². The summed E-state index contributed by atoms with van der Waals surface area (Å²) in [4.78, 5) is 31.5. The number of nitrogens with one attached hydrogen (secondary N) is 1. The highest BCUT2D eigenvalue weighted by atomic mass is 32.2. The molecule has 6 nitrogen and oxygen atoms in total. The van der Waals surface area contributed by atoms with Crippen molar-refractivity contribution in [2.45, 2.75) is 50.2 Å². The number of aromatic nitrogens is 3. The number of carbonyl (C=O) groups is 1. The van der Waals surface area contributed by atoms with Gasteiger partial charge in [0.1, 0.15) is 5.01 Å². The number of thioether (sulfide) groups is 1. The number of rotatable bonds is 8. The summed E-state index contributed by atoms with van der Waals surface area (Å²) in [7, 11) is 0. The summed E-state index contributed by atoms with van der Waals surface area (Å²) in [6, 6.07) is 16.7. The first-order valence-corrected chi connectivity index (χ1v) is 12.8. The Hall–Kier alpha value is -2.97. The molecule has 0 fully saturated rings. The van der Waals surface area contributed by atoms with Crippen molar-refractivity contribution in [1.29, 1.82) is 0 Å². The Kier molecular flexibility index (Phi) is 7.25. The average molecular weight is 479 g/mol. The molecule has 0 radical (unpaired) electrons. The monoisotopic (exact) mass is 478 g/mol. The zero-order chi connectivity index (χ0) is 23.4. The second kappa shape index (κ2) is 10.3. The number of hydrogen-bond acceptors (Lipinski definition) is 6. The Morgan fingerprint density at radius 2 is 1.85 bits per heavy atom. The third kappa shape index (κ3) is 5.34. The molecule has 0 atom stereocenters. The number of aryl methyl sites for hydroxylation is 1. The summed E-state index contributed by atoms with van der Waals surface area (Å²) < 4.78 is 1.40. The lowest BCUT2D eigenvalue weighted by Crippen LogP contribution is -2.15. The average Bonchev–Trinajstić information content (AvgIpc) is 3.24. The maximum absolute atomic E-state index is 12.7. The van der Waals surface area contributed by atoms with Crippen LogP contribution in [0, 0.1) is 6.92 Å². The van der Waals surface area contributed by atoms with E-state index < -0.39 is 0 Å². The largest absolute Gasteiger partial charge is 0.321 e. The second-order valence-electron chi connectivity index (χ2n) is 7.84. The lowest BCUT2D eigenvalue weighted by atomic mass is 10.1. The van der Waals surface area contributed by atoms with Crippen LogP contribution in [0.5, 0.6) is 0 Å². The molecule has 170 valence electrons. The van der Waals surface area contributed by atoms with Crippen molar-refractivity contribution in [3.63, 3.8) is 0 Å². The van der Waals surface area contributed by atoms with Gasteiger partial charge in [-0.05, 0) is 44.0 Å². The topological polar surface area (TPSA) is 76.4 Å². The predicted molar refractivity (Wildman–Crippen MR) is 136 cm³/mol. The van der Waals surface area contributed by atoms with Gasteiger partial charge in [-0.3, -0.25) is 9.59 Å². The molecule has 8 heteroatoms. The summed E-state index contributed by atoms with van der Waals surface area (Å²) in [5.74, 6) is 0.707. The molecule has 0 aliphatic carbocycles. The maximum Gasteiger partial charge on any atom is 0.275 e. The molecule has 0 saturated carbocycles. The van der Waals surface area contributed by atoms with Gasteiger partial charge < -0.3 is 5.32 Å². The molecule has 0 saturated heterocycles. The molecule has 0 bridgehead atoms. The van der Waals surface area contributed by atoms with Gasteiger partial charge in [0, 0.05) is 28.2 Å². The van der Waals surface area contributed by atoms with E-state index in [2.05, 4.69) is 29.2 Å². The van der Waals surface area contributed by atoms with Gasteiger partial charge >= 0.3 is 0 Å². The van der Waals surface area contributed by atoms with Gasteiger partial charge in [-0.15, -0.1) is 11.8 Å². The fourth-order valence-electron chi connectivity index (χ4n) is 3.49. The molecule has 0 unspecified atom stereocenters. The van der Waals surface area contributed by atoms with E-state index in [1.54, 1.807) is 6.07 Å². The minimum absolute atomic E-state index is 0.153. The number of carbonyl (C=O) groups excluding carboxylic acids is 1. The first kappa shape index (κ1) is 23.2. The molecule has 2 aromatic carbocycles. The van der Waals surface area contributed by atoms with Crippen LogP contribution in [0.25, 0.3) is 4.96 Å². The van der Waals surface area contributed by atoms with Crippen molar-refractivity contribution in [2.24, 2.45) is 0 Å². The van der Waals surface area contributed by atoms with Crippen LogP contribution in [0.2, 0.25) is 0 Å². The predicted octanol–water partition coefficient (Wildman–Crippen LogP) is 5.91. The van der Waals surface area contributed by atoms with Gasteiger partial charge in [0.25, 0.3) is 11.5 Å². The van der Waals surface area contributed by atoms with Crippen molar-refractivity contribution in [3.05, 3.63) is 86.8 Å². The van der Waals surface area contributed by atoms with Crippen LogP contribution >= 0.6 is 23.1 Å². The van der Waals surface area contributed by atoms with Crippen LogP contribution in [-0.4, -0.2) is 20.5 Å². The minimum atomic E-state index is -0.162. The van der Waals surface area contributed by atoms with E-state index in [0.29, 0.717) is 27.9 Å². The van der Waals surface area contributed by atoms with E-state index >= 15 is 0 Å². The van der Waals surface area contributed by atoms with E-state index in [1.165, 1.54) is 27.6 Å². The zero-order valence-corrected chi connectivity index (χ0v) is 20.5. The highest BCUT2D eigenvalue weighted by molar-refractivity contribution is 7.98. The van der Waals surface area contributed by atoms with Crippen LogP contribution < -0.4 is 10.9 Å². The number of amides is 1. The Bertz CT molecular complexity index is 1320. The SMILES string of the molecule is CCC(CC)c1nn2c(=O)cc(CSc3ccccc3NC(=O)c3ccc(C)cc3)nc2s1. The molecule has 0 spiro atoms. The number of hydrogen-bond donors (Lipinski definition) is 1. The first-order valence-electron chi connectivity index (χ1n) is 11.0. The highest BCUT2D eigenvalue weighted by Crippen LogP contribution is 2.30. The highest BCUT2D eigenvalue weighted by Gasteiger charge is 2.16. The van der Waals surface area contributed by atoms with Gasteiger partial charge in [-0.2, -0.15) is 9.61 Å². The number of anilines is 1. The van der Waals surface area contributed by atoms with Crippen LogP contribution in [-0.2, 0) is 5.75 Å². The van der Waals surface area contributed by atoms with Crippen molar-refractivity contribution >= 4 is 39.7 Å². The van der Waals surface area contributed by atoms with Crippen LogP contribution in [0.4, 0.5) is 5.69 Å². The van der Waals surface area contributed by atoms with Crippen molar-refractivity contribution < 1.29 is 4.79 Å². The summed E-state index contributed by atoms with van der Waals surface area (Å²) in [6.07, 6.45) is 1.97. The van der Waals surface area contributed by atoms with E-state index in [9.17, 15) is 9.59 Å². The fraction of sp³-hybridized carbons (Fsp3) is 0.280. The Balaban J connectivity index is 1.52. The lowest BCUT2D eigenvalue weighted by molar-refractivity contribution is 0.102. The van der Waals surface area contributed by atoms with E-state index in [1.807, 2.05) is 55.5 Å². The minimum Gasteiger partial charge on any atom is -0.321 e. The number of para-hydroxylation sites is 1. The van der Waals surface area contributed by atoms with E-state index in [0.717, 1.165) is 34.0 Å². The van der Waals surface area contributed by atoms with Crippen LogP contribution in [0.15, 0.2) is 64.3 Å². The number of benzene rings is 2. The molecule has 1 N–H and O–H groups in total. The molecule has 2 aromatic heterocycles. The summed E-state index contributed by atoms with van der Waals surface area (Å²) in [5.41, 5.74) is 2.99. The van der Waals surface area contributed by atoms with Crippen LogP contribution in [0.3, 0.4) is 0 Å². The summed E-state index contributed by atoms with van der Waals surface area (Å²) in [6.45, 7) is 6.25. The van der Waals surface area contributed by atoms with Crippen LogP contribution in [0.1, 0.15) is 59.2 Å². The Morgan fingerprint density at radius 1 is 1.12 bits per heavy atom. The normalized spacial score (nSPS) is 11.3. The molecular weight excluding hydrogens is 452 g/mol. The Morgan fingerprint density at radius 3 is 2.58 bits per heavy atom. The Labute approximate surface area is 201 Å². The maximum atomic E-state index is 12.7. The number of fused-ring (bicyclic) bond motifs is 1. The fourth-order valence-corrected chi connectivity index (χ4v) is 5.59. The quantitative estimate of drug-likeness (QED) is 0.319. The first-order chi connectivity index (χ1) is 16.0. The molecule has 0 aliphatic heterocycles.